The lowest BCUT2D eigenvalue weighted by Crippen LogP contribution is -2.42. The van der Waals surface area contributed by atoms with Gasteiger partial charge in [-0.3, -0.25) is 14.5 Å². The van der Waals surface area contributed by atoms with Crippen LogP contribution in [0.2, 0.25) is 0 Å². The Balaban J connectivity index is 1.68. The molecular formula is C22H32N4O2S. The Morgan fingerprint density at radius 3 is 2.34 bits per heavy atom. The first-order valence-corrected chi connectivity index (χ1v) is 11.4. The maximum atomic E-state index is 13.3. The van der Waals surface area contributed by atoms with Gasteiger partial charge in [-0.2, -0.15) is 0 Å². The molecule has 0 N–H and O–H groups in total. The Hall–Kier alpha value is -2.12. The number of rotatable bonds is 6. The molecule has 158 valence electrons. The lowest BCUT2D eigenvalue weighted by molar-refractivity contribution is -0.132. The third-order valence-electron chi connectivity index (χ3n) is 5.70. The highest BCUT2D eigenvalue weighted by molar-refractivity contribution is 7.13. The second-order valence-corrected chi connectivity index (χ2v) is 8.47. The summed E-state index contributed by atoms with van der Waals surface area (Å²) >= 11 is 1.61. The molecule has 0 atom stereocenters. The molecule has 1 saturated heterocycles. The monoisotopic (exact) mass is 416 g/mol. The molecule has 1 aliphatic heterocycles. The minimum Gasteiger partial charge on any atom is -0.342 e. The third-order valence-corrected chi connectivity index (χ3v) is 6.60. The Labute approximate surface area is 177 Å². The van der Waals surface area contributed by atoms with Crippen molar-refractivity contribution in [1.29, 1.82) is 0 Å². The second kappa shape index (κ2) is 9.59. The third kappa shape index (κ3) is 4.73. The van der Waals surface area contributed by atoms with E-state index in [1.165, 1.54) is 0 Å². The first-order valence-electron chi connectivity index (χ1n) is 10.5. The Morgan fingerprint density at radius 2 is 1.69 bits per heavy atom. The summed E-state index contributed by atoms with van der Waals surface area (Å²) in [6.45, 7) is 13.1. The molecule has 3 rings (SSSR count). The van der Waals surface area contributed by atoms with Crippen molar-refractivity contribution >= 4 is 23.2 Å². The molecule has 2 aromatic heterocycles. The fourth-order valence-corrected chi connectivity index (χ4v) is 5.00. The van der Waals surface area contributed by atoms with E-state index in [4.69, 9.17) is 0 Å². The summed E-state index contributed by atoms with van der Waals surface area (Å²) in [6.07, 6.45) is 0.887. The average molecular weight is 417 g/mol. The molecule has 0 spiro atoms. The first-order chi connectivity index (χ1) is 14.0. The van der Waals surface area contributed by atoms with E-state index in [0.29, 0.717) is 13.1 Å². The summed E-state index contributed by atoms with van der Waals surface area (Å²) < 4.78 is 2.16. The van der Waals surface area contributed by atoms with E-state index in [-0.39, 0.29) is 11.8 Å². The maximum absolute atomic E-state index is 13.3. The number of carbonyl (C=O) groups is 2. The molecule has 1 fully saturated rings. The summed E-state index contributed by atoms with van der Waals surface area (Å²) in [4.78, 5) is 31.7. The van der Waals surface area contributed by atoms with E-state index < -0.39 is 0 Å². The summed E-state index contributed by atoms with van der Waals surface area (Å²) in [7, 11) is 0. The van der Waals surface area contributed by atoms with Crippen molar-refractivity contribution in [1.82, 2.24) is 19.3 Å². The van der Waals surface area contributed by atoms with Gasteiger partial charge in [0, 0.05) is 50.7 Å². The van der Waals surface area contributed by atoms with Gasteiger partial charge in [-0.1, -0.05) is 0 Å². The first kappa shape index (κ1) is 21.6. The van der Waals surface area contributed by atoms with E-state index in [1.54, 1.807) is 11.3 Å². The van der Waals surface area contributed by atoms with Crippen LogP contribution < -0.4 is 0 Å². The largest absolute Gasteiger partial charge is 0.342 e. The Bertz CT molecular complexity index is 833. The number of thiophene rings is 1. The molecule has 1 aliphatic rings. The summed E-state index contributed by atoms with van der Waals surface area (Å²) in [5.41, 5.74) is 3.04. The molecule has 3 heterocycles. The van der Waals surface area contributed by atoms with Gasteiger partial charge in [0.05, 0.1) is 12.1 Å². The minimum absolute atomic E-state index is 0.0886. The quantitative estimate of drug-likeness (QED) is 0.727. The zero-order valence-electron chi connectivity index (χ0n) is 18.0. The molecule has 0 radical (unpaired) electrons. The second-order valence-electron chi connectivity index (χ2n) is 7.58. The van der Waals surface area contributed by atoms with Gasteiger partial charge in [0.2, 0.25) is 5.91 Å². The molecule has 29 heavy (non-hydrogen) atoms. The maximum Gasteiger partial charge on any atom is 0.256 e. The lowest BCUT2D eigenvalue weighted by Gasteiger charge is -2.25. The van der Waals surface area contributed by atoms with E-state index in [2.05, 4.69) is 35.4 Å². The van der Waals surface area contributed by atoms with Crippen LogP contribution in [0.4, 0.5) is 0 Å². The van der Waals surface area contributed by atoms with Gasteiger partial charge in [0.1, 0.15) is 5.00 Å². The zero-order valence-corrected chi connectivity index (χ0v) is 18.8. The number of hydrogen-bond donors (Lipinski definition) is 0. The molecule has 7 heteroatoms. The van der Waals surface area contributed by atoms with Crippen LogP contribution in [0.25, 0.3) is 5.00 Å². The standard InChI is InChI=1S/C22H32N4O2S/c1-5-24(6-2)20(27)16-23-11-7-12-25(14-13-23)21(28)19-10-15-29-22(19)26-17(3)8-9-18(26)4/h8-10,15H,5-7,11-14,16H2,1-4H3. The number of aromatic nitrogens is 1. The number of likely N-dealkylation sites (N-methyl/N-ethyl adjacent to an activating group) is 1. The van der Waals surface area contributed by atoms with E-state index in [0.717, 1.165) is 61.1 Å². The van der Waals surface area contributed by atoms with Gasteiger partial charge >= 0.3 is 0 Å². The van der Waals surface area contributed by atoms with Gasteiger partial charge < -0.3 is 14.4 Å². The van der Waals surface area contributed by atoms with Gasteiger partial charge in [0.25, 0.3) is 5.91 Å². The highest BCUT2D eigenvalue weighted by Gasteiger charge is 2.25. The highest BCUT2D eigenvalue weighted by Crippen LogP contribution is 2.27. The summed E-state index contributed by atoms with van der Waals surface area (Å²) in [6, 6.07) is 6.10. The number of aryl methyl sites for hydroxylation is 2. The molecular weight excluding hydrogens is 384 g/mol. The number of amides is 2. The highest BCUT2D eigenvalue weighted by atomic mass is 32.1. The van der Waals surface area contributed by atoms with Crippen molar-refractivity contribution < 1.29 is 9.59 Å². The predicted octanol–water partition coefficient (Wildman–Crippen LogP) is 3.17. The van der Waals surface area contributed by atoms with Crippen molar-refractivity contribution in [2.45, 2.75) is 34.1 Å². The van der Waals surface area contributed by atoms with E-state index in [9.17, 15) is 9.59 Å². The Kier molecular flexibility index (Phi) is 7.14. The topological polar surface area (TPSA) is 48.8 Å². The summed E-state index contributed by atoms with van der Waals surface area (Å²) in [5.74, 6) is 0.263. The van der Waals surface area contributed by atoms with Crippen LogP contribution in [-0.4, -0.2) is 76.9 Å². The van der Waals surface area contributed by atoms with Crippen LogP contribution in [0.5, 0.6) is 0 Å². The van der Waals surface area contributed by atoms with Crippen LogP contribution >= 0.6 is 11.3 Å². The Morgan fingerprint density at radius 1 is 1.00 bits per heavy atom. The molecule has 0 bridgehead atoms. The zero-order chi connectivity index (χ0) is 21.0. The van der Waals surface area contributed by atoms with E-state index >= 15 is 0 Å². The van der Waals surface area contributed by atoms with Gasteiger partial charge in [0.15, 0.2) is 0 Å². The van der Waals surface area contributed by atoms with Crippen molar-refractivity contribution in [2.24, 2.45) is 0 Å². The number of nitrogens with zero attached hydrogens (tertiary/aromatic N) is 4. The molecule has 0 unspecified atom stereocenters. The van der Waals surface area contributed by atoms with Crippen LogP contribution in [0.3, 0.4) is 0 Å². The van der Waals surface area contributed by atoms with Gasteiger partial charge in [-0.15, -0.1) is 11.3 Å². The lowest BCUT2D eigenvalue weighted by atomic mass is 10.2. The normalized spacial score (nSPS) is 15.4. The van der Waals surface area contributed by atoms with E-state index in [1.807, 2.05) is 35.1 Å². The summed E-state index contributed by atoms with van der Waals surface area (Å²) in [5, 5.41) is 2.99. The molecule has 0 aromatic carbocycles. The minimum atomic E-state index is 0.0886. The number of hydrogen-bond acceptors (Lipinski definition) is 4. The smallest absolute Gasteiger partial charge is 0.256 e. The van der Waals surface area contributed by atoms with Crippen LogP contribution in [0.15, 0.2) is 23.6 Å². The van der Waals surface area contributed by atoms with Crippen molar-refractivity contribution in [3.8, 4) is 5.00 Å². The van der Waals surface area contributed by atoms with Crippen molar-refractivity contribution in [3.63, 3.8) is 0 Å². The molecule has 2 aromatic rings. The van der Waals surface area contributed by atoms with Gasteiger partial charge in [-0.25, -0.2) is 0 Å². The van der Waals surface area contributed by atoms with Crippen molar-refractivity contribution in [3.05, 3.63) is 40.5 Å². The fourth-order valence-electron chi connectivity index (χ4n) is 4.00. The van der Waals surface area contributed by atoms with Gasteiger partial charge in [-0.05, 0) is 57.7 Å². The van der Waals surface area contributed by atoms with Crippen LogP contribution in [0.1, 0.15) is 42.0 Å². The van der Waals surface area contributed by atoms with Crippen LogP contribution in [-0.2, 0) is 4.79 Å². The number of carbonyl (C=O) groups excluding carboxylic acids is 2. The van der Waals surface area contributed by atoms with Crippen molar-refractivity contribution in [2.75, 3.05) is 45.8 Å². The fraction of sp³-hybridized carbons (Fsp3) is 0.545. The molecule has 2 amide bonds. The molecule has 0 aliphatic carbocycles. The molecule has 0 saturated carbocycles. The SMILES string of the molecule is CCN(CC)C(=O)CN1CCCN(C(=O)c2ccsc2-n2c(C)ccc2C)CC1. The van der Waals surface area contributed by atoms with Crippen LogP contribution in [0, 0.1) is 13.8 Å². The average Bonchev–Trinajstić information content (AvgIpc) is 3.22. The predicted molar refractivity (Wildman–Crippen MR) is 118 cm³/mol. The molecule has 6 nitrogen and oxygen atoms in total.